The highest BCUT2D eigenvalue weighted by atomic mass is 16.5. The van der Waals surface area contributed by atoms with Crippen LogP contribution in [0.15, 0.2) is 97.2 Å². The Bertz CT molecular complexity index is 1220. The third-order valence-corrected chi connectivity index (χ3v) is 6.41. The number of aryl methyl sites for hydroxylation is 1. The van der Waals surface area contributed by atoms with Crippen LogP contribution in [-0.2, 0) is 6.42 Å². The predicted molar refractivity (Wildman–Crippen MR) is 133 cm³/mol. The maximum atomic E-state index is 11.2. The number of carbonyl (C=O) groups excluding carboxylic acids is 1. The number of pyridine rings is 1. The number of fused-ring (bicyclic) bond motifs is 1. The van der Waals surface area contributed by atoms with Crippen LogP contribution in [0.1, 0.15) is 51.0 Å². The average Bonchev–Trinajstić information content (AvgIpc) is 3.28. The summed E-state index contributed by atoms with van der Waals surface area (Å²) in [4.78, 5) is 15.4. The van der Waals surface area contributed by atoms with Crippen LogP contribution in [0.2, 0.25) is 0 Å². The molecule has 1 unspecified atom stereocenters. The molecule has 0 spiro atoms. The summed E-state index contributed by atoms with van der Waals surface area (Å²) in [5, 5.41) is 3.82. The van der Waals surface area contributed by atoms with Gasteiger partial charge in [-0.25, -0.2) is 4.98 Å². The Hall–Kier alpha value is -3.96. The number of nitrogens with one attached hydrogen (secondary N) is 1. The van der Waals surface area contributed by atoms with Gasteiger partial charge in [0.1, 0.15) is 5.75 Å². The molecule has 4 aromatic rings. The summed E-state index contributed by atoms with van der Waals surface area (Å²) in [5.41, 5.74) is 10.9. The molecular formula is C29H27N3O2. The molecular weight excluding hydrogens is 422 g/mol. The molecule has 1 aliphatic rings. The molecule has 1 aromatic heterocycles. The number of hydrogen-bond donors (Lipinski definition) is 2. The molecule has 0 fully saturated rings. The standard InChI is InChI=1S/C29H27N3O2/c30-29(33)23-12-16-28(32-18-23)34-24-13-14-25-22(17-24)11-15-27(25)31-19-26(20-7-3-1-4-8-20)21-9-5-2-6-10-21/h1-10,12-14,16-18,26-27,31H,11,15,19H2,(H2,30,33). The van der Waals surface area contributed by atoms with Crippen LogP contribution in [0.4, 0.5) is 0 Å². The fraction of sp³-hybridized carbons (Fsp3) is 0.172. The highest BCUT2D eigenvalue weighted by Gasteiger charge is 2.24. The number of aromatic nitrogens is 1. The number of carbonyl (C=O) groups is 1. The molecule has 5 nitrogen and oxygen atoms in total. The molecule has 1 aliphatic carbocycles. The molecule has 0 bridgehead atoms. The molecule has 5 heteroatoms. The third kappa shape index (κ3) is 4.85. The van der Waals surface area contributed by atoms with Crippen molar-refractivity contribution in [3.8, 4) is 11.6 Å². The summed E-state index contributed by atoms with van der Waals surface area (Å²) in [5.74, 6) is 0.969. The van der Waals surface area contributed by atoms with E-state index in [-0.39, 0.29) is 0 Å². The fourth-order valence-corrected chi connectivity index (χ4v) is 4.64. The quantitative estimate of drug-likeness (QED) is 0.379. The van der Waals surface area contributed by atoms with Crippen molar-refractivity contribution in [1.29, 1.82) is 0 Å². The van der Waals surface area contributed by atoms with Gasteiger partial charge in [-0.1, -0.05) is 66.7 Å². The van der Waals surface area contributed by atoms with Crippen molar-refractivity contribution in [3.05, 3.63) is 125 Å². The maximum Gasteiger partial charge on any atom is 0.250 e. The minimum absolute atomic E-state index is 0.295. The van der Waals surface area contributed by atoms with Crippen molar-refractivity contribution in [2.45, 2.75) is 24.8 Å². The van der Waals surface area contributed by atoms with Gasteiger partial charge in [0.2, 0.25) is 11.8 Å². The fourth-order valence-electron chi connectivity index (χ4n) is 4.64. The Morgan fingerprint density at radius 1 is 0.971 bits per heavy atom. The van der Waals surface area contributed by atoms with E-state index in [2.05, 4.69) is 83.1 Å². The molecule has 1 heterocycles. The molecule has 1 amide bonds. The van der Waals surface area contributed by atoms with Crippen LogP contribution < -0.4 is 15.8 Å². The first-order valence-corrected chi connectivity index (χ1v) is 11.6. The number of hydrogen-bond acceptors (Lipinski definition) is 4. The van der Waals surface area contributed by atoms with Crippen LogP contribution in [0.5, 0.6) is 11.6 Å². The zero-order chi connectivity index (χ0) is 23.3. The van der Waals surface area contributed by atoms with Gasteiger partial charge in [-0.2, -0.15) is 0 Å². The smallest absolute Gasteiger partial charge is 0.250 e. The largest absolute Gasteiger partial charge is 0.439 e. The maximum absolute atomic E-state index is 11.2. The van der Waals surface area contributed by atoms with Crippen molar-refractivity contribution in [2.24, 2.45) is 5.73 Å². The van der Waals surface area contributed by atoms with Gasteiger partial charge in [-0.05, 0) is 53.3 Å². The lowest BCUT2D eigenvalue weighted by atomic mass is 9.91. The number of nitrogens with zero attached hydrogens (tertiary/aromatic N) is 1. The molecule has 0 aliphatic heterocycles. The first kappa shape index (κ1) is 21.9. The molecule has 5 rings (SSSR count). The number of benzene rings is 3. The number of nitrogens with two attached hydrogens (primary N) is 1. The van der Waals surface area contributed by atoms with Gasteiger partial charge in [-0.15, -0.1) is 0 Å². The second kappa shape index (κ2) is 9.89. The minimum atomic E-state index is -0.503. The van der Waals surface area contributed by atoms with Crippen molar-refractivity contribution in [2.75, 3.05) is 6.54 Å². The number of ether oxygens (including phenoxy) is 1. The Kier molecular flexibility index (Phi) is 6.36. The third-order valence-electron chi connectivity index (χ3n) is 6.41. The number of primary amides is 1. The van der Waals surface area contributed by atoms with E-state index in [9.17, 15) is 4.79 Å². The van der Waals surface area contributed by atoms with Gasteiger partial charge in [0, 0.05) is 30.8 Å². The van der Waals surface area contributed by atoms with Crippen molar-refractivity contribution in [3.63, 3.8) is 0 Å². The minimum Gasteiger partial charge on any atom is -0.439 e. The average molecular weight is 450 g/mol. The van der Waals surface area contributed by atoms with Crippen LogP contribution >= 0.6 is 0 Å². The van der Waals surface area contributed by atoms with E-state index in [1.165, 1.54) is 28.5 Å². The Morgan fingerprint density at radius 2 is 1.68 bits per heavy atom. The second-order valence-electron chi connectivity index (χ2n) is 8.59. The molecule has 170 valence electrons. The normalized spacial score (nSPS) is 14.7. The van der Waals surface area contributed by atoms with Crippen molar-refractivity contribution >= 4 is 5.91 Å². The highest BCUT2D eigenvalue weighted by Crippen LogP contribution is 2.35. The molecule has 3 aromatic carbocycles. The topological polar surface area (TPSA) is 77.2 Å². The SMILES string of the molecule is NC(=O)c1ccc(Oc2ccc3c(c2)CCC3NCC(c2ccccc2)c2ccccc2)nc1. The summed E-state index contributed by atoms with van der Waals surface area (Å²) < 4.78 is 5.90. The van der Waals surface area contributed by atoms with E-state index >= 15 is 0 Å². The zero-order valence-electron chi connectivity index (χ0n) is 18.9. The number of rotatable bonds is 8. The monoisotopic (exact) mass is 449 g/mol. The van der Waals surface area contributed by atoms with E-state index in [0.29, 0.717) is 23.4 Å². The van der Waals surface area contributed by atoms with Crippen LogP contribution in [0, 0.1) is 0 Å². The van der Waals surface area contributed by atoms with Crippen molar-refractivity contribution in [1.82, 2.24) is 10.3 Å². The van der Waals surface area contributed by atoms with E-state index < -0.39 is 5.91 Å². The van der Waals surface area contributed by atoms with Gasteiger partial charge in [0.25, 0.3) is 0 Å². The lowest BCUT2D eigenvalue weighted by molar-refractivity contribution is 0.1000. The molecule has 0 radical (unpaired) electrons. The van der Waals surface area contributed by atoms with E-state index in [4.69, 9.17) is 10.5 Å². The molecule has 3 N–H and O–H groups in total. The summed E-state index contributed by atoms with van der Waals surface area (Å²) in [7, 11) is 0. The van der Waals surface area contributed by atoms with E-state index in [1.54, 1.807) is 12.1 Å². The van der Waals surface area contributed by atoms with Gasteiger partial charge in [0.05, 0.1) is 5.56 Å². The predicted octanol–water partition coefficient (Wildman–Crippen LogP) is 5.38. The second-order valence-corrected chi connectivity index (χ2v) is 8.59. The molecule has 34 heavy (non-hydrogen) atoms. The van der Waals surface area contributed by atoms with Crippen molar-refractivity contribution < 1.29 is 9.53 Å². The molecule has 1 atom stereocenters. The first-order chi connectivity index (χ1) is 16.7. The summed E-state index contributed by atoms with van der Waals surface area (Å²) in [6.07, 6.45) is 3.49. The van der Waals surface area contributed by atoms with Crippen LogP contribution in [0.25, 0.3) is 0 Å². The van der Waals surface area contributed by atoms with Gasteiger partial charge in [-0.3, -0.25) is 4.79 Å². The van der Waals surface area contributed by atoms with Gasteiger partial charge in [0.15, 0.2) is 0 Å². The van der Waals surface area contributed by atoms with Crippen LogP contribution in [0.3, 0.4) is 0 Å². The van der Waals surface area contributed by atoms with E-state index in [1.807, 2.05) is 6.07 Å². The van der Waals surface area contributed by atoms with Gasteiger partial charge >= 0.3 is 0 Å². The van der Waals surface area contributed by atoms with Gasteiger partial charge < -0.3 is 15.8 Å². The molecule has 0 saturated heterocycles. The van der Waals surface area contributed by atoms with Crippen LogP contribution in [-0.4, -0.2) is 17.4 Å². The molecule has 0 saturated carbocycles. The Morgan fingerprint density at radius 3 is 2.29 bits per heavy atom. The Labute approximate surface area is 199 Å². The first-order valence-electron chi connectivity index (χ1n) is 11.6. The lowest BCUT2D eigenvalue weighted by Gasteiger charge is -2.22. The lowest BCUT2D eigenvalue weighted by Crippen LogP contribution is -2.25. The highest BCUT2D eigenvalue weighted by molar-refractivity contribution is 5.92. The number of amides is 1. The van der Waals surface area contributed by atoms with E-state index in [0.717, 1.165) is 25.1 Å². The summed E-state index contributed by atoms with van der Waals surface area (Å²) >= 11 is 0. The summed E-state index contributed by atoms with van der Waals surface area (Å²) in [6.45, 7) is 0.868. The summed E-state index contributed by atoms with van der Waals surface area (Å²) in [6, 6.07) is 31.2. The Balaban J connectivity index is 1.28. The zero-order valence-corrected chi connectivity index (χ0v) is 18.9.